The number of benzene rings is 2. The Bertz CT molecular complexity index is 808. The molecular formula is C20H27IN4O3. The molecule has 0 unspecified atom stereocenters. The van der Waals surface area contributed by atoms with Gasteiger partial charge in [-0.15, -0.1) is 24.0 Å². The first kappa shape index (κ1) is 23.5. The number of halogens is 1. The van der Waals surface area contributed by atoms with Gasteiger partial charge < -0.3 is 25.4 Å². The number of rotatable bonds is 7. The number of aliphatic imine (C=N–C) groups is 1. The molecule has 0 radical (unpaired) electrons. The van der Waals surface area contributed by atoms with Gasteiger partial charge in [0.2, 0.25) is 0 Å². The Hall–Kier alpha value is -2.49. The van der Waals surface area contributed by atoms with Crippen LogP contribution in [0, 0.1) is 0 Å². The molecule has 0 heterocycles. The summed E-state index contributed by atoms with van der Waals surface area (Å²) in [4.78, 5) is 17.8. The predicted octanol–water partition coefficient (Wildman–Crippen LogP) is 2.63. The molecule has 3 N–H and O–H groups in total. The van der Waals surface area contributed by atoms with Gasteiger partial charge in [0.15, 0.2) is 17.5 Å². The van der Waals surface area contributed by atoms with Gasteiger partial charge in [-0.3, -0.25) is 4.79 Å². The van der Waals surface area contributed by atoms with Crippen LogP contribution in [0.5, 0.6) is 11.5 Å². The van der Waals surface area contributed by atoms with Gasteiger partial charge in [-0.05, 0) is 35.4 Å². The Morgan fingerprint density at radius 3 is 2.21 bits per heavy atom. The highest BCUT2D eigenvalue weighted by Crippen LogP contribution is 2.27. The third-order valence-corrected chi connectivity index (χ3v) is 3.96. The van der Waals surface area contributed by atoms with E-state index in [4.69, 9.17) is 15.2 Å². The first-order chi connectivity index (χ1) is 12.9. The second-order valence-corrected chi connectivity index (χ2v) is 6.14. The van der Waals surface area contributed by atoms with Crippen molar-refractivity contribution in [1.82, 2.24) is 10.2 Å². The maximum atomic E-state index is 11.9. The molecule has 0 saturated heterocycles. The number of hydrogen-bond donors (Lipinski definition) is 2. The molecule has 0 aliphatic rings. The molecule has 0 atom stereocenters. The fourth-order valence-electron chi connectivity index (χ4n) is 2.43. The van der Waals surface area contributed by atoms with E-state index in [0.717, 1.165) is 11.1 Å². The number of ether oxygens (including phenoxy) is 2. The number of nitrogens with two attached hydrogens (primary N) is 1. The second-order valence-electron chi connectivity index (χ2n) is 6.14. The molecule has 0 aromatic heterocycles. The SMILES string of the molecule is COc1ccc(CN=C(N)NCc2ccc(C(=O)N(C)C)cc2)cc1OC.I. The third-order valence-electron chi connectivity index (χ3n) is 3.96. The Morgan fingerprint density at radius 1 is 1.04 bits per heavy atom. The molecule has 0 saturated carbocycles. The Morgan fingerprint density at radius 2 is 1.64 bits per heavy atom. The van der Waals surface area contributed by atoms with Crippen molar-refractivity contribution in [1.29, 1.82) is 0 Å². The molecule has 8 heteroatoms. The van der Waals surface area contributed by atoms with Gasteiger partial charge in [-0.2, -0.15) is 0 Å². The van der Waals surface area contributed by atoms with Crippen LogP contribution in [0.3, 0.4) is 0 Å². The zero-order valence-electron chi connectivity index (χ0n) is 16.6. The fourth-order valence-corrected chi connectivity index (χ4v) is 2.43. The molecule has 0 aliphatic carbocycles. The molecule has 28 heavy (non-hydrogen) atoms. The van der Waals surface area contributed by atoms with E-state index in [1.807, 2.05) is 30.3 Å². The summed E-state index contributed by atoms with van der Waals surface area (Å²) in [7, 11) is 6.65. The predicted molar refractivity (Wildman–Crippen MR) is 122 cm³/mol. The molecule has 152 valence electrons. The molecular weight excluding hydrogens is 471 g/mol. The highest BCUT2D eigenvalue weighted by molar-refractivity contribution is 14.0. The molecule has 7 nitrogen and oxygen atoms in total. The van der Waals surface area contributed by atoms with Gasteiger partial charge in [0.05, 0.1) is 20.8 Å². The number of methoxy groups -OCH3 is 2. The Labute approximate surface area is 182 Å². The molecule has 0 bridgehead atoms. The van der Waals surface area contributed by atoms with E-state index >= 15 is 0 Å². The molecule has 0 spiro atoms. The van der Waals surface area contributed by atoms with Crippen LogP contribution in [-0.2, 0) is 13.1 Å². The first-order valence-electron chi connectivity index (χ1n) is 8.50. The average molecular weight is 498 g/mol. The topological polar surface area (TPSA) is 89.2 Å². The number of guanidine groups is 1. The van der Waals surface area contributed by atoms with Crippen molar-refractivity contribution < 1.29 is 14.3 Å². The highest BCUT2D eigenvalue weighted by Gasteiger charge is 2.07. The molecule has 1 amide bonds. The van der Waals surface area contributed by atoms with E-state index < -0.39 is 0 Å². The number of carbonyl (C=O) groups is 1. The van der Waals surface area contributed by atoms with E-state index in [9.17, 15) is 4.79 Å². The van der Waals surface area contributed by atoms with E-state index in [0.29, 0.717) is 36.1 Å². The summed E-state index contributed by atoms with van der Waals surface area (Å²) in [5.41, 5.74) is 8.56. The van der Waals surface area contributed by atoms with Crippen LogP contribution in [0.4, 0.5) is 0 Å². The van der Waals surface area contributed by atoms with Gasteiger partial charge in [-0.1, -0.05) is 18.2 Å². The number of nitrogens with zero attached hydrogens (tertiary/aromatic N) is 2. The van der Waals surface area contributed by atoms with Crippen molar-refractivity contribution in [3.63, 3.8) is 0 Å². The van der Waals surface area contributed by atoms with Crippen LogP contribution in [0.15, 0.2) is 47.5 Å². The zero-order valence-corrected chi connectivity index (χ0v) is 18.9. The van der Waals surface area contributed by atoms with Crippen LogP contribution in [0.25, 0.3) is 0 Å². The summed E-state index contributed by atoms with van der Waals surface area (Å²) < 4.78 is 10.5. The third kappa shape index (κ3) is 6.59. The second kappa shape index (κ2) is 11.4. The lowest BCUT2D eigenvalue weighted by Gasteiger charge is -2.11. The lowest BCUT2D eigenvalue weighted by atomic mass is 10.1. The van der Waals surface area contributed by atoms with Gasteiger partial charge in [-0.25, -0.2) is 4.99 Å². The number of carbonyl (C=O) groups excluding carboxylic acids is 1. The molecule has 0 fully saturated rings. The van der Waals surface area contributed by atoms with Crippen LogP contribution < -0.4 is 20.5 Å². The minimum absolute atomic E-state index is 0. The van der Waals surface area contributed by atoms with Crippen molar-refractivity contribution in [3.8, 4) is 11.5 Å². The maximum absolute atomic E-state index is 11.9. The average Bonchev–Trinajstić information content (AvgIpc) is 2.70. The summed E-state index contributed by atoms with van der Waals surface area (Å²) >= 11 is 0. The quantitative estimate of drug-likeness (QED) is 0.348. The van der Waals surface area contributed by atoms with Crippen molar-refractivity contribution in [2.45, 2.75) is 13.1 Å². The summed E-state index contributed by atoms with van der Waals surface area (Å²) in [6, 6.07) is 13.0. The van der Waals surface area contributed by atoms with Gasteiger partial charge >= 0.3 is 0 Å². The minimum atomic E-state index is -0.0227. The highest BCUT2D eigenvalue weighted by atomic mass is 127. The van der Waals surface area contributed by atoms with Crippen molar-refractivity contribution >= 4 is 35.8 Å². The summed E-state index contributed by atoms with van der Waals surface area (Å²) in [5, 5.41) is 3.07. The Balaban J connectivity index is 0.00000392. The van der Waals surface area contributed by atoms with Crippen molar-refractivity contribution in [3.05, 3.63) is 59.2 Å². The number of hydrogen-bond acceptors (Lipinski definition) is 4. The van der Waals surface area contributed by atoms with Gasteiger partial charge in [0, 0.05) is 26.2 Å². The van der Waals surface area contributed by atoms with E-state index in [1.165, 1.54) is 0 Å². The van der Waals surface area contributed by atoms with E-state index in [-0.39, 0.29) is 29.9 Å². The summed E-state index contributed by atoms with van der Waals surface area (Å²) in [6.07, 6.45) is 0. The van der Waals surface area contributed by atoms with Crippen LogP contribution in [-0.4, -0.2) is 45.1 Å². The normalized spacial score (nSPS) is 10.6. The molecule has 2 aromatic rings. The van der Waals surface area contributed by atoms with E-state index in [1.54, 1.807) is 45.3 Å². The Kier molecular flexibility index (Phi) is 9.57. The summed E-state index contributed by atoms with van der Waals surface area (Å²) in [6.45, 7) is 0.952. The maximum Gasteiger partial charge on any atom is 0.253 e. The number of amides is 1. The fraction of sp³-hybridized carbons (Fsp3) is 0.300. The zero-order chi connectivity index (χ0) is 19.8. The first-order valence-corrected chi connectivity index (χ1v) is 8.50. The lowest BCUT2D eigenvalue weighted by molar-refractivity contribution is 0.0827. The van der Waals surface area contributed by atoms with E-state index in [2.05, 4.69) is 10.3 Å². The number of nitrogens with one attached hydrogen (secondary N) is 1. The van der Waals surface area contributed by atoms with Gasteiger partial charge in [0.25, 0.3) is 5.91 Å². The lowest BCUT2D eigenvalue weighted by Crippen LogP contribution is -2.31. The largest absolute Gasteiger partial charge is 0.493 e. The summed E-state index contributed by atoms with van der Waals surface area (Å²) in [5.74, 6) is 1.65. The van der Waals surface area contributed by atoms with Crippen molar-refractivity contribution in [2.75, 3.05) is 28.3 Å². The molecule has 2 rings (SSSR count). The van der Waals surface area contributed by atoms with Crippen LogP contribution in [0.1, 0.15) is 21.5 Å². The smallest absolute Gasteiger partial charge is 0.253 e. The molecule has 0 aliphatic heterocycles. The van der Waals surface area contributed by atoms with Crippen LogP contribution in [0.2, 0.25) is 0 Å². The van der Waals surface area contributed by atoms with Crippen LogP contribution >= 0.6 is 24.0 Å². The van der Waals surface area contributed by atoms with Gasteiger partial charge in [0.1, 0.15) is 0 Å². The minimum Gasteiger partial charge on any atom is -0.493 e. The standard InChI is InChI=1S/C20H26N4O3.HI/c1-24(2)19(25)16-8-5-14(6-9-16)12-22-20(21)23-13-15-7-10-17(26-3)18(11-15)27-4;/h5-11H,12-13H2,1-4H3,(H3,21,22,23);1H. The molecule has 2 aromatic carbocycles. The monoisotopic (exact) mass is 498 g/mol. The van der Waals surface area contributed by atoms with Crippen molar-refractivity contribution in [2.24, 2.45) is 10.7 Å².